The van der Waals surface area contributed by atoms with Crippen LogP contribution in [0.2, 0.25) is 0 Å². The average Bonchev–Trinajstić information content (AvgIpc) is 2.20. The van der Waals surface area contributed by atoms with E-state index in [0.29, 0.717) is 0 Å². The highest BCUT2D eigenvalue weighted by Gasteiger charge is 2.20. The molecular weight excluding hydrogens is 200 g/mol. The molecule has 5 heteroatoms. The molecule has 0 saturated heterocycles. The van der Waals surface area contributed by atoms with Crippen molar-refractivity contribution in [3.63, 3.8) is 0 Å². The van der Waals surface area contributed by atoms with Crippen LogP contribution in [0.3, 0.4) is 0 Å². The van der Waals surface area contributed by atoms with Crippen molar-refractivity contribution in [2.75, 3.05) is 13.7 Å². The van der Waals surface area contributed by atoms with Gasteiger partial charge in [0.2, 0.25) is 0 Å². The van der Waals surface area contributed by atoms with Gasteiger partial charge in [-0.3, -0.25) is 9.59 Å². The molecule has 0 N–H and O–H groups in total. The molecular formula is C10H14O5. The lowest BCUT2D eigenvalue weighted by molar-refractivity contribution is -0.151. The zero-order chi connectivity index (χ0) is 11.3. The molecule has 1 aliphatic rings. The largest absolute Gasteiger partial charge is 0.469 e. The summed E-state index contributed by atoms with van der Waals surface area (Å²) in [5.74, 6) is -0.671. The number of carbonyl (C=O) groups is 2. The summed E-state index contributed by atoms with van der Waals surface area (Å²) in [6.45, 7) is 1.62. The second-order valence-electron chi connectivity index (χ2n) is 3.18. The van der Waals surface area contributed by atoms with Gasteiger partial charge in [0.15, 0.2) is 0 Å². The molecule has 0 fully saturated rings. The molecule has 15 heavy (non-hydrogen) atoms. The third-order valence-corrected chi connectivity index (χ3v) is 1.93. The molecule has 0 aromatic rings. The van der Waals surface area contributed by atoms with Crippen LogP contribution in [0.4, 0.5) is 0 Å². The lowest BCUT2D eigenvalue weighted by Gasteiger charge is -2.22. The standard InChI is InChI=1S/C10H14O5/c1-7(11)15-9-4-3-8(14-6-9)5-10(12)13-2/h3-4,8-9H,5-6H2,1-2H3/t8-,9+/m1/s1. The molecule has 0 aromatic heterocycles. The smallest absolute Gasteiger partial charge is 0.308 e. The maximum absolute atomic E-state index is 10.9. The SMILES string of the molecule is COC(=O)C[C@H]1C=C[C@H](OC(C)=O)CO1. The Morgan fingerprint density at radius 3 is 2.67 bits per heavy atom. The van der Waals surface area contributed by atoms with Gasteiger partial charge in [-0.05, 0) is 6.08 Å². The van der Waals surface area contributed by atoms with Gasteiger partial charge in [0, 0.05) is 6.92 Å². The first-order valence-corrected chi connectivity index (χ1v) is 4.65. The summed E-state index contributed by atoms with van der Waals surface area (Å²) in [5.41, 5.74) is 0. The van der Waals surface area contributed by atoms with E-state index in [1.54, 1.807) is 12.2 Å². The van der Waals surface area contributed by atoms with Gasteiger partial charge in [-0.15, -0.1) is 0 Å². The fourth-order valence-corrected chi connectivity index (χ4v) is 1.24. The Kier molecular flexibility index (Phi) is 4.30. The summed E-state index contributed by atoms with van der Waals surface area (Å²) in [7, 11) is 1.33. The molecule has 0 radical (unpaired) electrons. The highest BCUT2D eigenvalue weighted by molar-refractivity contribution is 5.70. The van der Waals surface area contributed by atoms with Crippen molar-refractivity contribution in [2.45, 2.75) is 25.6 Å². The predicted molar refractivity (Wildman–Crippen MR) is 51.1 cm³/mol. The van der Waals surface area contributed by atoms with E-state index < -0.39 is 0 Å². The first-order valence-electron chi connectivity index (χ1n) is 4.65. The number of hydrogen-bond acceptors (Lipinski definition) is 5. The molecule has 5 nitrogen and oxygen atoms in total. The predicted octanol–water partition coefficient (Wildman–Crippen LogP) is 0.436. The van der Waals surface area contributed by atoms with E-state index in [1.807, 2.05) is 0 Å². The number of esters is 2. The Labute approximate surface area is 88.0 Å². The van der Waals surface area contributed by atoms with Gasteiger partial charge in [-0.25, -0.2) is 0 Å². The summed E-state index contributed by atoms with van der Waals surface area (Å²) in [6.07, 6.45) is 2.97. The molecule has 0 amide bonds. The number of carbonyl (C=O) groups excluding carboxylic acids is 2. The molecule has 0 unspecified atom stereocenters. The minimum Gasteiger partial charge on any atom is -0.469 e. The fraction of sp³-hybridized carbons (Fsp3) is 0.600. The minimum atomic E-state index is -0.351. The van der Waals surface area contributed by atoms with E-state index in [2.05, 4.69) is 4.74 Å². The van der Waals surface area contributed by atoms with Crippen LogP contribution in [-0.4, -0.2) is 37.9 Å². The monoisotopic (exact) mass is 214 g/mol. The quantitative estimate of drug-likeness (QED) is 0.503. The van der Waals surface area contributed by atoms with E-state index >= 15 is 0 Å². The molecule has 1 aliphatic heterocycles. The Hall–Kier alpha value is -1.36. The lowest BCUT2D eigenvalue weighted by Crippen LogP contribution is -2.29. The molecule has 0 saturated carbocycles. The van der Waals surface area contributed by atoms with Gasteiger partial charge in [0.25, 0.3) is 0 Å². The summed E-state index contributed by atoms with van der Waals surface area (Å²) < 4.78 is 14.7. The number of rotatable bonds is 3. The van der Waals surface area contributed by atoms with Crippen molar-refractivity contribution < 1.29 is 23.8 Å². The van der Waals surface area contributed by atoms with Crippen molar-refractivity contribution in [3.05, 3.63) is 12.2 Å². The third-order valence-electron chi connectivity index (χ3n) is 1.93. The van der Waals surface area contributed by atoms with E-state index in [0.717, 1.165) is 0 Å². The molecule has 84 valence electrons. The maximum atomic E-state index is 10.9. The van der Waals surface area contributed by atoms with Crippen LogP contribution in [0, 0.1) is 0 Å². The molecule has 0 aliphatic carbocycles. The highest BCUT2D eigenvalue weighted by Crippen LogP contribution is 2.11. The lowest BCUT2D eigenvalue weighted by atomic mass is 10.1. The number of hydrogen-bond donors (Lipinski definition) is 0. The maximum Gasteiger partial charge on any atom is 0.308 e. The molecule has 0 spiro atoms. The van der Waals surface area contributed by atoms with Gasteiger partial charge in [0.1, 0.15) is 6.10 Å². The molecule has 0 bridgehead atoms. The van der Waals surface area contributed by atoms with Crippen molar-refractivity contribution in [2.24, 2.45) is 0 Å². The van der Waals surface area contributed by atoms with Gasteiger partial charge in [-0.2, -0.15) is 0 Å². The molecule has 0 aromatic carbocycles. The second-order valence-corrected chi connectivity index (χ2v) is 3.18. The van der Waals surface area contributed by atoms with Crippen LogP contribution >= 0.6 is 0 Å². The summed E-state index contributed by atoms with van der Waals surface area (Å²) in [5, 5.41) is 0. The van der Waals surface area contributed by atoms with Crippen LogP contribution in [0.25, 0.3) is 0 Å². The normalized spacial score (nSPS) is 24.7. The average molecular weight is 214 g/mol. The van der Waals surface area contributed by atoms with Crippen LogP contribution in [0.5, 0.6) is 0 Å². The first kappa shape index (κ1) is 11.7. The Bertz CT molecular complexity index is 271. The van der Waals surface area contributed by atoms with Gasteiger partial charge in [0.05, 0.1) is 26.2 Å². The van der Waals surface area contributed by atoms with Crippen LogP contribution in [0.1, 0.15) is 13.3 Å². The Morgan fingerprint density at radius 2 is 2.20 bits per heavy atom. The fourth-order valence-electron chi connectivity index (χ4n) is 1.24. The number of ether oxygens (including phenoxy) is 3. The molecule has 1 heterocycles. The Balaban J connectivity index is 2.37. The highest BCUT2D eigenvalue weighted by atomic mass is 16.6. The first-order chi connectivity index (χ1) is 7.11. The van der Waals surface area contributed by atoms with Crippen LogP contribution in [-0.2, 0) is 23.8 Å². The summed E-state index contributed by atoms with van der Waals surface area (Å²) in [6, 6.07) is 0. The van der Waals surface area contributed by atoms with Crippen molar-refractivity contribution in [1.82, 2.24) is 0 Å². The van der Waals surface area contributed by atoms with E-state index in [1.165, 1.54) is 14.0 Å². The van der Waals surface area contributed by atoms with Crippen LogP contribution in [0.15, 0.2) is 12.2 Å². The van der Waals surface area contributed by atoms with Crippen molar-refractivity contribution in [3.8, 4) is 0 Å². The summed E-state index contributed by atoms with van der Waals surface area (Å²) >= 11 is 0. The van der Waals surface area contributed by atoms with Gasteiger partial charge in [-0.1, -0.05) is 6.08 Å². The number of methoxy groups -OCH3 is 1. The second kappa shape index (κ2) is 5.50. The van der Waals surface area contributed by atoms with Crippen LogP contribution < -0.4 is 0 Å². The topological polar surface area (TPSA) is 61.8 Å². The Morgan fingerprint density at radius 1 is 1.47 bits per heavy atom. The zero-order valence-corrected chi connectivity index (χ0v) is 8.76. The van der Waals surface area contributed by atoms with Crippen molar-refractivity contribution >= 4 is 11.9 Å². The molecule has 1 rings (SSSR count). The summed E-state index contributed by atoms with van der Waals surface area (Å²) in [4.78, 5) is 21.5. The van der Waals surface area contributed by atoms with Gasteiger partial charge >= 0.3 is 11.9 Å². The van der Waals surface area contributed by atoms with Gasteiger partial charge < -0.3 is 14.2 Å². The van der Waals surface area contributed by atoms with Crippen molar-refractivity contribution in [1.29, 1.82) is 0 Å². The van der Waals surface area contributed by atoms with E-state index in [4.69, 9.17) is 9.47 Å². The zero-order valence-electron chi connectivity index (χ0n) is 8.76. The van der Waals surface area contributed by atoms with E-state index in [-0.39, 0.29) is 37.2 Å². The minimum absolute atomic E-state index is 0.180. The third kappa shape index (κ3) is 4.12. The molecule has 2 atom stereocenters. The van der Waals surface area contributed by atoms with E-state index in [9.17, 15) is 9.59 Å².